The molecule has 0 aromatic rings. The predicted octanol–water partition coefficient (Wildman–Crippen LogP) is 1.37. The summed E-state index contributed by atoms with van der Waals surface area (Å²) in [6, 6.07) is -0.671. The van der Waals surface area contributed by atoms with Crippen molar-refractivity contribution in [3.05, 3.63) is 0 Å². The second-order valence-corrected chi connectivity index (χ2v) is 5.47. The fourth-order valence-corrected chi connectivity index (χ4v) is 2.48. The van der Waals surface area contributed by atoms with Crippen LogP contribution >= 0.6 is 0 Å². The van der Waals surface area contributed by atoms with E-state index in [0.29, 0.717) is 25.6 Å². The number of hydrogen-bond donors (Lipinski definition) is 2. The molecule has 0 aliphatic carbocycles. The summed E-state index contributed by atoms with van der Waals surface area (Å²) < 4.78 is 0. The number of nitrogens with zero attached hydrogens (tertiary/aromatic N) is 2. The fourth-order valence-electron chi connectivity index (χ4n) is 2.48. The van der Waals surface area contributed by atoms with E-state index >= 15 is 0 Å². The fraction of sp³-hybridized carbons (Fsp3) is 0.857. The number of unbranched alkanes of at least 4 members (excludes halogenated alkanes) is 1. The highest BCUT2D eigenvalue weighted by Gasteiger charge is 2.28. The molecule has 2 N–H and O–H groups in total. The van der Waals surface area contributed by atoms with Crippen molar-refractivity contribution < 1.29 is 14.7 Å². The molecule has 0 aromatic heterocycles. The standard InChI is InChI=1S/C14H27N3O3/c1-4-6-7-12(13(18)19)15-14(20)17-9-8-16(3)11(5-2)10-17/h11-12H,4-10H2,1-3H3,(H,15,20)(H,18,19)/t11?,12-/m0/s1. The topological polar surface area (TPSA) is 72.9 Å². The highest BCUT2D eigenvalue weighted by molar-refractivity contribution is 5.82. The van der Waals surface area contributed by atoms with Crippen LogP contribution in [0.25, 0.3) is 0 Å². The molecule has 2 amide bonds. The molecule has 0 bridgehead atoms. The van der Waals surface area contributed by atoms with E-state index in [2.05, 4.69) is 24.2 Å². The van der Waals surface area contributed by atoms with E-state index in [1.54, 1.807) is 4.90 Å². The van der Waals surface area contributed by atoms with Crippen LogP contribution in [0.3, 0.4) is 0 Å². The first-order valence-electron chi connectivity index (χ1n) is 7.48. The Labute approximate surface area is 121 Å². The predicted molar refractivity (Wildman–Crippen MR) is 77.8 cm³/mol. The third-order valence-electron chi connectivity index (χ3n) is 3.98. The maximum atomic E-state index is 12.2. The molecule has 0 spiro atoms. The molecule has 2 atom stereocenters. The van der Waals surface area contributed by atoms with Gasteiger partial charge in [0.25, 0.3) is 0 Å². The minimum absolute atomic E-state index is 0.250. The lowest BCUT2D eigenvalue weighted by molar-refractivity contribution is -0.139. The molecule has 20 heavy (non-hydrogen) atoms. The molecule has 1 unspecified atom stereocenters. The van der Waals surface area contributed by atoms with Crippen molar-refractivity contribution in [2.45, 2.75) is 51.6 Å². The van der Waals surface area contributed by atoms with Gasteiger partial charge in [0.15, 0.2) is 0 Å². The van der Waals surface area contributed by atoms with Crippen molar-refractivity contribution in [1.82, 2.24) is 15.1 Å². The van der Waals surface area contributed by atoms with Crippen LogP contribution in [0.5, 0.6) is 0 Å². The Morgan fingerprint density at radius 3 is 2.60 bits per heavy atom. The Morgan fingerprint density at radius 2 is 2.05 bits per heavy atom. The maximum absolute atomic E-state index is 12.2. The zero-order valence-corrected chi connectivity index (χ0v) is 12.8. The van der Waals surface area contributed by atoms with Gasteiger partial charge in [0, 0.05) is 25.7 Å². The summed E-state index contributed by atoms with van der Waals surface area (Å²) in [4.78, 5) is 27.3. The lowest BCUT2D eigenvalue weighted by atomic mass is 10.1. The molecule has 6 heteroatoms. The summed E-state index contributed by atoms with van der Waals surface area (Å²) >= 11 is 0. The maximum Gasteiger partial charge on any atom is 0.326 e. The summed E-state index contributed by atoms with van der Waals surface area (Å²) in [5, 5.41) is 11.8. The normalized spacial score (nSPS) is 21.6. The number of hydrogen-bond acceptors (Lipinski definition) is 3. The Balaban J connectivity index is 2.53. The summed E-state index contributed by atoms with van der Waals surface area (Å²) in [5.41, 5.74) is 0. The van der Waals surface area contributed by atoms with Crippen LogP contribution in [0.15, 0.2) is 0 Å². The number of carbonyl (C=O) groups is 2. The van der Waals surface area contributed by atoms with Gasteiger partial charge >= 0.3 is 12.0 Å². The van der Waals surface area contributed by atoms with E-state index in [-0.39, 0.29) is 6.03 Å². The first kappa shape index (κ1) is 16.8. The van der Waals surface area contributed by atoms with Gasteiger partial charge in [0.1, 0.15) is 6.04 Å². The number of amides is 2. The molecule has 1 heterocycles. The number of urea groups is 1. The van der Waals surface area contributed by atoms with Crippen LogP contribution in [0.1, 0.15) is 39.5 Å². The average Bonchev–Trinajstić information content (AvgIpc) is 2.43. The molecule has 116 valence electrons. The van der Waals surface area contributed by atoms with Gasteiger partial charge in [-0.05, 0) is 19.9 Å². The largest absolute Gasteiger partial charge is 0.480 e. The smallest absolute Gasteiger partial charge is 0.326 e. The van der Waals surface area contributed by atoms with Crippen LogP contribution in [0.2, 0.25) is 0 Å². The molecule has 1 rings (SSSR count). The first-order chi connectivity index (χ1) is 9.49. The quantitative estimate of drug-likeness (QED) is 0.773. The number of carboxylic acids is 1. The van der Waals surface area contributed by atoms with Crippen LogP contribution in [-0.2, 0) is 4.79 Å². The number of carbonyl (C=O) groups excluding carboxylic acids is 1. The van der Waals surface area contributed by atoms with Crippen molar-refractivity contribution in [3.8, 4) is 0 Å². The number of rotatable bonds is 6. The van der Waals surface area contributed by atoms with Gasteiger partial charge in [-0.25, -0.2) is 9.59 Å². The van der Waals surface area contributed by atoms with E-state index in [9.17, 15) is 9.59 Å². The second-order valence-electron chi connectivity index (χ2n) is 5.47. The number of carboxylic acid groups (broad SMARTS) is 1. The van der Waals surface area contributed by atoms with Gasteiger partial charge in [-0.15, -0.1) is 0 Å². The van der Waals surface area contributed by atoms with Crippen LogP contribution in [0, 0.1) is 0 Å². The average molecular weight is 285 g/mol. The van der Waals surface area contributed by atoms with Gasteiger partial charge in [0.2, 0.25) is 0 Å². The van der Waals surface area contributed by atoms with Crippen molar-refractivity contribution in [2.75, 3.05) is 26.7 Å². The highest BCUT2D eigenvalue weighted by atomic mass is 16.4. The van der Waals surface area contributed by atoms with Crippen molar-refractivity contribution >= 4 is 12.0 Å². The summed E-state index contributed by atoms with van der Waals surface area (Å²) in [5.74, 6) is -0.951. The minimum atomic E-state index is -0.951. The molecule has 0 saturated carbocycles. The Morgan fingerprint density at radius 1 is 1.35 bits per heavy atom. The van der Waals surface area contributed by atoms with Gasteiger partial charge < -0.3 is 15.3 Å². The lowest BCUT2D eigenvalue weighted by Gasteiger charge is -2.39. The molecule has 0 aromatic carbocycles. The van der Waals surface area contributed by atoms with Crippen LogP contribution in [-0.4, -0.2) is 65.7 Å². The van der Waals surface area contributed by atoms with E-state index < -0.39 is 12.0 Å². The van der Waals surface area contributed by atoms with Crippen molar-refractivity contribution in [3.63, 3.8) is 0 Å². The Kier molecular flexibility index (Phi) is 6.78. The third-order valence-corrected chi connectivity index (χ3v) is 3.98. The van der Waals surface area contributed by atoms with E-state index in [4.69, 9.17) is 5.11 Å². The van der Waals surface area contributed by atoms with Gasteiger partial charge in [0.05, 0.1) is 0 Å². The lowest BCUT2D eigenvalue weighted by Crippen LogP contribution is -2.57. The zero-order chi connectivity index (χ0) is 15.1. The van der Waals surface area contributed by atoms with Crippen molar-refractivity contribution in [2.24, 2.45) is 0 Å². The molecule has 1 saturated heterocycles. The molecule has 1 fully saturated rings. The SMILES string of the molecule is CCCC[C@H](NC(=O)N1CCN(C)C(CC)C1)C(=O)O. The highest BCUT2D eigenvalue weighted by Crippen LogP contribution is 2.11. The van der Waals surface area contributed by atoms with Crippen LogP contribution in [0.4, 0.5) is 4.79 Å². The first-order valence-corrected chi connectivity index (χ1v) is 7.48. The monoisotopic (exact) mass is 285 g/mol. The zero-order valence-electron chi connectivity index (χ0n) is 12.8. The van der Waals surface area contributed by atoms with Gasteiger partial charge in [-0.2, -0.15) is 0 Å². The molecule has 1 aliphatic rings. The summed E-state index contributed by atoms with van der Waals surface area (Å²) in [7, 11) is 2.06. The Hall–Kier alpha value is -1.30. The number of piperazine rings is 1. The number of likely N-dealkylation sites (N-methyl/N-ethyl adjacent to an activating group) is 1. The Bertz CT molecular complexity index is 336. The molecule has 6 nitrogen and oxygen atoms in total. The van der Waals surface area contributed by atoms with Gasteiger partial charge in [-0.1, -0.05) is 26.7 Å². The molecule has 0 radical (unpaired) electrons. The van der Waals surface area contributed by atoms with E-state index in [1.807, 2.05) is 6.92 Å². The molecular weight excluding hydrogens is 258 g/mol. The second kappa shape index (κ2) is 8.09. The summed E-state index contributed by atoms with van der Waals surface area (Å²) in [6.45, 7) is 6.26. The third kappa shape index (κ3) is 4.67. The summed E-state index contributed by atoms with van der Waals surface area (Å²) in [6.07, 6.45) is 3.20. The molecule has 1 aliphatic heterocycles. The molecular formula is C14H27N3O3. The minimum Gasteiger partial charge on any atom is -0.480 e. The number of aliphatic carboxylic acids is 1. The number of nitrogens with one attached hydrogen (secondary N) is 1. The van der Waals surface area contributed by atoms with E-state index in [0.717, 1.165) is 25.8 Å². The van der Waals surface area contributed by atoms with Gasteiger partial charge in [-0.3, -0.25) is 4.90 Å². The van der Waals surface area contributed by atoms with E-state index in [1.165, 1.54) is 0 Å². The van der Waals surface area contributed by atoms with Crippen LogP contribution < -0.4 is 5.32 Å². The van der Waals surface area contributed by atoms with Crippen molar-refractivity contribution in [1.29, 1.82) is 0 Å².